The average molecular weight is 367 g/mol. The van der Waals surface area contributed by atoms with Gasteiger partial charge in [-0.1, -0.05) is 26.5 Å². The molecule has 0 unspecified atom stereocenters. The third-order valence-corrected chi connectivity index (χ3v) is 2.05. The second-order valence-corrected chi connectivity index (χ2v) is 3.57. The van der Waals surface area contributed by atoms with E-state index in [1.54, 1.807) is 12.1 Å². The van der Waals surface area contributed by atoms with Crippen molar-refractivity contribution < 1.29 is 37.6 Å². The van der Waals surface area contributed by atoms with Gasteiger partial charge in [0.2, 0.25) is 0 Å². The Morgan fingerprint density at radius 2 is 1.65 bits per heavy atom. The van der Waals surface area contributed by atoms with E-state index in [1.165, 1.54) is 12.1 Å². The van der Waals surface area contributed by atoms with Crippen LogP contribution in [-0.2, 0) is 32.7 Å². The van der Waals surface area contributed by atoms with Crippen LogP contribution in [0.3, 0.4) is 0 Å². The van der Waals surface area contributed by atoms with Crippen LogP contribution in [0, 0.1) is 22.2 Å². The number of para-hydroxylation sites is 1. The second-order valence-electron chi connectivity index (χ2n) is 2.72. The first-order chi connectivity index (χ1) is 7.70. The van der Waals surface area contributed by atoms with E-state index in [-0.39, 0.29) is 38.4 Å². The van der Waals surface area contributed by atoms with Crippen molar-refractivity contribution in [3.05, 3.63) is 75.3 Å². The van der Waals surface area contributed by atoms with Gasteiger partial charge in [0.1, 0.15) is 0 Å². The maximum Gasteiger partial charge on any atom is 0.162 e. The fourth-order valence-corrected chi connectivity index (χ4v) is 1.15. The van der Waals surface area contributed by atoms with Gasteiger partial charge in [0.05, 0.1) is 0 Å². The number of hydrogen-bond acceptors (Lipinski definition) is 2. The van der Waals surface area contributed by atoms with Gasteiger partial charge in [0.25, 0.3) is 0 Å². The molecule has 85 valence electrons. The first-order valence-corrected chi connectivity index (χ1v) is 5.23. The molecule has 3 nitrogen and oxygen atoms in total. The molecule has 0 atom stereocenters. The van der Waals surface area contributed by atoms with Crippen LogP contribution in [0.4, 0.5) is 5.69 Å². The van der Waals surface area contributed by atoms with E-state index in [9.17, 15) is 10.1 Å². The third-order valence-electron chi connectivity index (χ3n) is 1.56. The molecule has 0 aliphatic carbocycles. The summed E-state index contributed by atoms with van der Waals surface area (Å²) in [6.45, 7) is 0. The largest absolute Gasteiger partial charge is 0.260 e. The summed E-state index contributed by atoms with van der Waals surface area (Å²) in [4.78, 5) is 9.50. The van der Waals surface area contributed by atoms with E-state index < -0.39 is 4.92 Å². The summed E-state index contributed by atoms with van der Waals surface area (Å²) in [7, 11) is 0. The summed E-state index contributed by atoms with van der Waals surface area (Å²) >= 11 is 3.26. The Labute approximate surface area is 133 Å². The molecule has 1 radical (unpaired) electrons. The number of nitrogens with zero attached hydrogens (tertiary/aromatic N) is 1. The molecule has 2 rings (SSSR count). The molecule has 2 aromatic rings. The van der Waals surface area contributed by atoms with Gasteiger partial charge < -0.3 is 0 Å². The van der Waals surface area contributed by atoms with Crippen LogP contribution in [-0.4, -0.2) is 4.92 Å². The summed E-state index contributed by atoms with van der Waals surface area (Å²) < 4.78 is 1.01. The predicted molar refractivity (Wildman–Crippen MR) is 64.9 cm³/mol. The van der Waals surface area contributed by atoms with Gasteiger partial charge in [0.15, 0.2) is 5.69 Å². The van der Waals surface area contributed by atoms with Gasteiger partial charge >= 0.3 is 0 Å². The van der Waals surface area contributed by atoms with Crippen molar-refractivity contribution in [2.75, 3.05) is 0 Å². The molecule has 17 heavy (non-hydrogen) atoms. The van der Waals surface area contributed by atoms with E-state index in [1.807, 2.05) is 24.3 Å². The number of nitro groups is 1. The van der Waals surface area contributed by atoms with E-state index >= 15 is 0 Å². The Bertz CT molecular complexity index is 437. The van der Waals surface area contributed by atoms with Crippen LogP contribution in [0.2, 0.25) is 0 Å². The smallest absolute Gasteiger partial charge is 0.162 e. The second kappa shape index (κ2) is 9.45. The molecule has 0 heterocycles. The van der Waals surface area contributed by atoms with Crippen molar-refractivity contribution in [3.8, 4) is 0 Å². The Morgan fingerprint density at radius 1 is 1.06 bits per heavy atom. The zero-order chi connectivity index (χ0) is 11.8. The van der Waals surface area contributed by atoms with Crippen LogP contribution in [0.1, 0.15) is 0 Å². The molecular weight excluding hydrogens is 359 g/mol. The first-order valence-electron chi connectivity index (χ1n) is 4.43. The normalized spacial score (nSPS) is 8.29. The number of non-ortho nitro benzene ring substituents is 1. The molecule has 2 aromatic carbocycles. The van der Waals surface area contributed by atoms with Crippen LogP contribution < -0.4 is 0 Å². The van der Waals surface area contributed by atoms with Crippen molar-refractivity contribution in [2.45, 2.75) is 0 Å². The van der Waals surface area contributed by atoms with E-state index in [4.69, 9.17) is 0 Å². The van der Waals surface area contributed by atoms with Crippen molar-refractivity contribution in [3.63, 3.8) is 0 Å². The summed E-state index contributed by atoms with van der Waals surface area (Å²) in [5.74, 6) is 0. The predicted octanol–water partition coefficient (Wildman–Crippen LogP) is 3.64. The van der Waals surface area contributed by atoms with Gasteiger partial charge in [-0.3, -0.25) is 10.1 Å². The number of rotatable bonds is 1. The number of halogens is 1. The Kier molecular flexibility index (Phi) is 9.13. The summed E-state index contributed by atoms with van der Waals surface area (Å²) in [5, 5.41) is 9.98. The van der Waals surface area contributed by atoms with E-state index in [0.717, 1.165) is 4.47 Å². The van der Waals surface area contributed by atoms with Crippen LogP contribution in [0.25, 0.3) is 0 Å². The zero-order valence-electron chi connectivity index (χ0n) is 8.84. The first kappa shape index (κ1) is 16.4. The Hall–Kier alpha value is -0.576. The molecule has 0 spiro atoms. The molecule has 0 aliphatic rings. The van der Waals surface area contributed by atoms with Gasteiger partial charge in [-0.15, -0.1) is 6.07 Å². The minimum Gasteiger partial charge on any atom is -0.260 e. The molecule has 0 aliphatic heterocycles. The van der Waals surface area contributed by atoms with E-state index in [0.29, 0.717) is 0 Å². The summed E-state index contributed by atoms with van der Waals surface area (Å²) in [5.41, 5.74) is 0.0116. The minimum atomic E-state index is -0.472. The van der Waals surface area contributed by atoms with Crippen LogP contribution in [0.15, 0.2) is 53.0 Å². The topological polar surface area (TPSA) is 43.1 Å². The molecule has 0 bridgehead atoms. The molecule has 0 aromatic heterocycles. The Balaban J connectivity index is 0.000000292. The van der Waals surface area contributed by atoms with Crippen LogP contribution >= 0.6 is 15.9 Å². The van der Waals surface area contributed by atoms with Crippen LogP contribution in [0.5, 0.6) is 0 Å². The molecule has 0 saturated heterocycles. The SMILES string of the molecule is Brc1[c-]cccc1.O=[N+]([O-])c1[c-]cccc1.[Y]. The molecule has 5 heteroatoms. The number of nitro benzene ring substituents is 1. The average Bonchev–Trinajstić information content (AvgIpc) is 2.32. The molecule has 0 N–H and O–H groups in total. The van der Waals surface area contributed by atoms with Gasteiger partial charge in [-0.2, -0.15) is 48.5 Å². The molecule has 0 fully saturated rings. The Morgan fingerprint density at radius 3 is 1.88 bits per heavy atom. The quantitative estimate of drug-likeness (QED) is 0.439. The number of benzene rings is 2. The van der Waals surface area contributed by atoms with Crippen molar-refractivity contribution in [1.29, 1.82) is 0 Å². The van der Waals surface area contributed by atoms with Crippen molar-refractivity contribution in [2.24, 2.45) is 0 Å². The van der Waals surface area contributed by atoms with Crippen molar-refractivity contribution >= 4 is 21.6 Å². The standard InChI is InChI=1S/C6H4Br.C6H4NO2.Y/c7-6-4-2-1-3-5-6;8-7(9)6-4-2-1-3-5-6;/h1-4H;1-4H;/q2*-1;. The van der Waals surface area contributed by atoms with Crippen molar-refractivity contribution in [1.82, 2.24) is 0 Å². The number of hydrogen-bond donors (Lipinski definition) is 0. The van der Waals surface area contributed by atoms with Gasteiger partial charge in [0, 0.05) is 37.6 Å². The van der Waals surface area contributed by atoms with E-state index in [2.05, 4.69) is 28.1 Å². The maximum absolute atomic E-state index is 9.98. The maximum atomic E-state index is 9.98. The fraction of sp³-hybridized carbons (Fsp3) is 0. The zero-order valence-corrected chi connectivity index (χ0v) is 13.3. The van der Waals surface area contributed by atoms with Gasteiger partial charge in [-0.25, -0.2) is 0 Å². The molecule has 0 saturated carbocycles. The molecule has 0 amide bonds. The molecular formula is C12H8BrNO2Y-2. The van der Waals surface area contributed by atoms with Gasteiger partial charge in [-0.05, 0) is 0 Å². The summed E-state index contributed by atoms with van der Waals surface area (Å²) in [6, 6.07) is 19.3. The fourth-order valence-electron chi connectivity index (χ4n) is 0.869. The monoisotopic (exact) mass is 366 g/mol. The summed E-state index contributed by atoms with van der Waals surface area (Å²) in [6.07, 6.45) is 0. The third kappa shape index (κ3) is 7.37. The minimum absolute atomic E-state index is 0.